The van der Waals surface area contributed by atoms with Crippen molar-refractivity contribution in [3.8, 4) is 0 Å². The fourth-order valence-corrected chi connectivity index (χ4v) is 1.53. The normalized spacial score (nSPS) is 18.2. The number of carbonyl (C=O) groups is 1. The lowest BCUT2D eigenvalue weighted by atomic mass is 9.89. The minimum Gasteiger partial charge on any atom is -0.479 e. The molecule has 0 fully saturated rings. The molecule has 0 spiro atoms. The monoisotopic (exact) mass is 255 g/mol. The minimum atomic E-state index is -3.00. The predicted octanol–water partition coefficient (Wildman–Crippen LogP) is 0.0992. The number of aliphatic imine (C=N–C) groups is 1. The number of nitrogens with zero attached hydrogens (tertiary/aromatic N) is 1. The summed E-state index contributed by atoms with van der Waals surface area (Å²) >= 11 is 3.86. The Morgan fingerprint density at radius 1 is 1.62 bits per heavy atom. The maximum Gasteiger partial charge on any atom is 0.333 e. The first-order chi connectivity index (χ1) is 7.27. The van der Waals surface area contributed by atoms with Gasteiger partial charge in [-0.3, -0.25) is 0 Å². The van der Waals surface area contributed by atoms with Gasteiger partial charge in [0.05, 0.1) is 0 Å². The third-order valence-corrected chi connectivity index (χ3v) is 2.39. The zero-order valence-corrected chi connectivity index (χ0v) is 9.62. The van der Waals surface area contributed by atoms with E-state index in [1.54, 1.807) is 0 Å². The van der Waals surface area contributed by atoms with Crippen LogP contribution in [-0.2, 0) is 4.79 Å². The van der Waals surface area contributed by atoms with Gasteiger partial charge >= 0.3 is 5.97 Å². The molecule has 0 rings (SSSR count). The van der Waals surface area contributed by atoms with E-state index in [1.807, 2.05) is 0 Å². The first kappa shape index (κ1) is 15.1. The summed E-state index contributed by atoms with van der Waals surface area (Å²) in [7, 11) is 0. The first-order valence-corrected chi connectivity index (χ1v) is 5.14. The zero-order valence-electron chi connectivity index (χ0n) is 8.73. The molecule has 5 nitrogen and oxygen atoms in total. The van der Waals surface area contributed by atoms with E-state index < -0.39 is 29.8 Å². The molecule has 0 aliphatic heterocycles. The highest BCUT2D eigenvalue weighted by Crippen LogP contribution is 2.22. The third-order valence-electron chi connectivity index (χ3n) is 2.17. The van der Waals surface area contributed by atoms with Crippen molar-refractivity contribution in [2.45, 2.75) is 31.4 Å². The summed E-state index contributed by atoms with van der Waals surface area (Å²) in [5.74, 6) is -2.27. The Kier molecular flexibility index (Phi) is 5.66. The molecule has 0 amide bonds. The van der Waals surface area contributed by atoms with Gasteiger partial charge in [-0.15, -0.1) is 0 Å². The van der Waals surface area contributed by atoms with Crippen LogP contribution in [0.4, 0.5) is 8.78 Å². The molecule has 0 aliphatic rings. The van der Waals surface area contributed by atoms with E-state index in [9.17, 15) is 13.6 Å². The van der Waals surface area contributed by atoms with Crippen LogP contribution in [0.3, 0.4) is 0 Å². The van der Waals surface area contributed by atoms with E-state index >= 15 is 0 Å². The van der Waals surface area contributed by atoms with Gasteiger partial charge in [-0.1, -0.05) is 0 Å². The van der Waals surface area contributed by atoms with Crippen molar-refractivity contribution in [1.29, 1.82) is 0 Å². The van der Waals surface area contributed by atoms with Crippen LogP contribution >= 0.6 is 12.6 Å². The number of hydrogen-bond donors (Lipinski definition) is 4. The second-order valence-electron chi connectivity index (χ2n) is 3.33. The Bertz CT molecular complexity index is 286. The number of thiol groups is 1. The molecule has 1 unspecified atom stereocenters. The molecule has 8 heteroatoms. The number of nitrogens with two attached hydrogens (primary N) is 2. The summed E-state index contributed by atoms with van der Waals surface area (Å²) < 4.78 is 24.4. The summed E-state index contributed by atoms with van der Waals surface area (Å²) in [6.07, 6.45) is -3.08. The molecule has 0 saturated heterocycles. The van der Waals surface area contributed by atoms with Gasteiger partial charge in [-0.2, -0.15) is 12.6 Å². The van der Waals surface area contributed by atoms with Crippen molar-refractivity contribution in [3.63, 3.8) is 0 Å². The number of aliphatic carboxylic acids is 1. The van der Waals surface area contributed by atoms with E-state index in [1.165, 1.54) is 6.92 Å². The average Bonchev–Trinajstić information content (AvgIpc) is 2.15. The molecule has 0 aromatic heterocycles. The highest BCUT2D eigenvalue weighted by Gasteiger charge is 2.42. The number of rotatable bonds is 6. The number of hydrogen-bond acceptors (Lipinski definition) is 4. The number of alkyl halides is 2. The molecule has 94 valence electrons. The van der Waals surface area contributed by atoms with E-state index in [-0.39, 0.29) is 12.2 Å². The molecule has 0 aliphatic carbocycles. The standard InChI is InChI=1S/C8H15F2N3O2S/c1-4(11)8(2-3-16,7(14)15)13-6(12)5(9)10/h4-5,16H,2-3,11H2,1H3,(H2,12,13)(H,14,15)/t4?,8-/m0/s1. The van der Waals surface area contributed by atoms with Crippen molar-refractivity contribution in [1.82, 2.24) is 0 Å². The zero-order chi connectivity index (χ0) is 12.9. The molecule has 16 heavy (non-hydrogen) atoms. The predicted molar refractivity (Wildman–Crippen MR) is 60.1 cm³/mol. The van der Waals surface area contributed by atoms with Gasteiger partial charge in [-0.25, -0.2) is 18.6 Å². The van der Waals surface area contributed by atoms with E-state index in [0.717, 1.165) is 0 Å². The Labute approximate surface area is 97.3 Å². The summed E-state index contributed by atoms with van der Waals surface area (Å²) in [4.78, 5) is 14.5. The van der Waals surface area contributed by atoms with Gasteiger partial charge in [0.25, 0.3) is 6.43 Å². The smallest absolute Gasteiger partial charge is 0.333 e. The molecular formula is C8H15F2N3O2S. The molecular weight excluding hydrogens is 240 g/mol. The summed E-state index contributed by atoms with van der Waals surface area (Å²) in [5, 5.41) is 9.03. The highest BCUT2D eigenvalue weighted by atomic mass is 32.1. The van der Waals surface area contributed by atoms with Gasteiger partial charge in [0.2, 0.25) is 0 Å². The number of amidine groups is 1. The van der Waals surface area contributed by atoms with Crippen LogP contribution in [0.5, 0.6) is 0 Å². The maximum absolute atomic E-state index is 12.2. The summed E-state index contributed by atoms with van der Waals surface area (Å²) in [5.41, 5.74) is 8.60. The Balaban J connectivity index is 5.36. The minimum absolute atomic E-state index is 0.0729. The molecule has 0 saturated carbocycles. The van der Waals surface area contributed by atoms with Crippen molar-refractivity contribution < 1.29 is 18.7 Å². The van der Waals surface area contributed by atoms with Gasteiger partial charge in [0, 0.05) is 6.04 Å². The Morgan fingerprint density at radius 3 is 2.38 bits per heavy atom. The van der Waals surface area contributed by atoms with Gasteiger partial charge in [-0.05, 0) is 19.1 Å². The van der Waals surface area contributed by atoms with Crippen LogP contribution in [0, 0.1) is 0 Å². The average molecular weight is 255 g/mol. The van der Waals surface area contributed by atoms with E-state index in [2.05, 4.69) is 17.6 Å². The molecule has 5 N–H and O–H groups in total. The Hall–Kier alpha value is -0.890. The molecule has 0 heterocycles. The van der Waals surface area contributed by atoms with Gasteiger partial charge in [0.15, 0.2) is 11.4 Å². The summed E-state index contributed by atoms with van der Waals surface area (Å²) in [6, 6.07) is -0.950. The summed E-state index contributed by atoms with van der Waals surface area (Å²) in [6.45, 7) is 1.37. The van der Waals surface area contributed by atoms with Gasteiger partial charge < -0.3 is 16.6 Å². The SMILES string of the molecule is CC(N)[C@](CCS)(N=C(N)C(F)F)C(=O)O. The molecule has 0 aromatic rings. The highest BCUT2D eigenvalue weighted by molar-refractivity contribution is 7.80. The third kappa shape index (κ3) is 3.31. The van der Waals surface area contributed by atoms with E-state index in [0.29, 0.717) is 0 Å². The lowest BCUT2D eigenvalue weighted by molar-refractivity contribution is -0.144. The second kappa shape index (κ2) is 6.00. The van der Waals surface area contributed by atoms with Crippen LogP contribution < -0.4 is 11.5 Å². The molecule has 0 radical (unpaired) electrons. The quantitative estimate of drug-likeness (QED) is 0.307. The van der Waals surface area contributed by atoms with Crippen LogP contribution in [-0.4, -0.2) is 40.7 Å². The van der Waals surface area contributed by atoms with Crippen molar-refractivity contribution in [2.75, 3.05) is 5.75 Å². The number of halogens is 2. The molecule has 0 aromatic carbocycles. The maximum atomic E-state index is 12.2. The number of carboxylic acid groups (broad SMARTS) is 1. The van der Waals surface area contributed by atoms with Crippen molar-refractivity contribution in [3.05, 3.63) is 0 Å². The van der Waals surface area contributed by atoms with E-state index in [4.69, 9.17) is 16.6 Å². The van der Waals surface area contributed by atoms with Crippen LogP contribution in [0.25, 0.3) is 0 Å². The van der Waals surface area contributed by atoms with Crippen molar-refractivity contribution in [2.24, 2.45) is 16.5 Å². The number of carboxylic acids is 1. The first-order valence-electron chi connectivity index (χ1n) is 4.51. The Morgan fingerprint density at radius 2 is 2.12 bits per heavy atom. The fraction of sp³-hybridized carbons (Fsp3) is 0.750. The van der Waals surface area contributed by atoms with Crippen LogP contribution in [0.2, 0.25) is 0 Å². The second-order valence-corrected chi connectivity index (χ2v) is 3.78. The van der Waals surface area contributed by atoms with Crippen molar-refractivity contribution >= 4 is 24.4 Å². The largest absolute Gasteiger partial charge is 0.479 e. The molecule has 2 atom stereocenters. The lowest BCUT2D eigenvalue weighted by Crippen LogP contribution is -2.53. The lowest BCUT2D eigenvalue weighted by Gasteiger charge is -2.29. The topological polar surface area (TPSA) is 102 Å². The van der Waals surface area contributed by atoms with Gasteiger partial charge in [0.1, 0.15) is 0 Å². The molecule has 0 bridgehead atoms. The van der Waals surface area contributed by atoms with Crippen LogP contribution in [0.1, 0.15) is 13.3 Å². The fourth-order valence-electron chi connectivity index (χ4n) is 1.18. The van der Waals surface area contributed by atoms with Crippen LogP contribution in [0.15, 0.2) is 4.99 Å².